The first-order chi connectivity index (χ1) is 12.5. The molecule has 3 rings (SSSR count). The van der Waals surface area contributed by atoms with Gasteiger partial charge in [-0.3, -0.25) is 19.8 Å². The Labute approximate surface area is 166 Å². The highest BCUT2D eigenvalue weighted by Crippen LogP contribution is 2.32. The fourth-order valence-corrected chi connectivity index (χ4v) is 3.81. The molecule has 0 aromatic heterocycles. The SMILES string of the molecule is CCN1C(=O)/C(=C\c2ccccc2Sc2ccc(Cl)cc2)C(=O)NC1=S. The van der Waals surface area contributed by atoms with Gasteiger partial charge in [-0.1, -0.05) is 41.6 Å². The second-order valence-electron chi connectivity index (χ2n) is 5.46. The highest BCUT2D eigenvalue weighted by Gasteiger charge is 2.32. The van der Waals surface area contributed by atoms with E-state index in [1.54, 1.807) is 6.08 Å². The number of thiocarbonyl (C=S) groups is 1. The fourth-order valence-electron chi connectivity index (χ4n) is 2.46. The molecule has 2 aromatic rings. The molecule has 2 aromatic carbocycles. The molecule has 1 saturated heterocycles. The van der Waals surface area contributed by atoms with Crippen LogP contribution >= 0.6 is 35.6 Å². The van der Waals surface area contributed by atoms with Crippen LogP contribution in [0.2, 0.25) is 5.02 Å². The van der Waals surface area contributed by atoms with Crippen molar-refractivity contribution in [1.29, 1.82) is 0 Å². The number of benzene rings is 2. The fraction of sp³-hybridized carbons (Fsp3) is 0.105. The van der Waals surface area contributed by atoms with Crippen LogP contribution in [-0.4, -0.2) is 28.4 Å². The molecule has 1 fully saturated rings. The van der Waals surface area contributed by atoms with Crippen molar-refractivity contribution in [3.05, 3.63) is 64.7 Å². The van der Waals surface area contributed by atoms with Crippen LogP contribution in [0.4, 0.5) is 0 Å². The van der Waals surface area contributed by atoms with E-state index >= 15 is 0 Å². The first-order valence-corrected chi connectivity index (χ1v) is 9.51. The third-order valence-electron chi connectivity index (χ3n) is 3.76. The average Bonchev–Trinajstić information content (AvgIpc) is 2.62. The number of halogens is 1. The largest absolute Gasteiger partial charge is 0.298 e. The van der Waals surface area contributed by atoms with Gasteiger partial charge in [-0.25, -0.2) is 0 Å². The molecular formula is C19H15ClN2O2S2. The Bertz CT molecular complexity index is 910. The molecule has 1 aliphatic heterocycles. The Balaban J connectivity index is 1.95. The van der Waals surface area contributed by atoms with Crippen LogP contribution in [0.25, 0.3) is 6.08 Å². The predicted octanol–water partition coefficient (Wildman–Crippen LogP) is 4.14. The molecule has 0 unspecified atom stereocenters. The zero-order valence-corrected chi connectivity index (χ0v) is 16.3. The quantitative estimate of drug-likeness (QED) is 0.474. The van der Waals surface area contributed by atoms with Gasteiger partial charge in [0.15, 0.2) is 5.11 Å². The molecule has 0 radical (unpaired) electrons. The van der Waals surface area contributed by atoms with Crippen molar-refractivity contribution in [1.82, 2.24) is 10.2 Å². The van der Waals surface area contributed by atoms with E-state index in [0.717, 1.165) is 15.4 Å². The predicted molar refractivity (Wildman–Crippen MR) is 108 cm³/mol. The second-order valence-corrected chi connectivity index (χ2v) is 7.40. The van der Waals surface area contributed by atoms with Gasteiger partial charge in [-0.2, -0.15) is 0 Å². The lowest BCUT2D eigenvalue weighted by Crippen LogP contribution is -2.53. The number of carbonyl (C=O) groups is 2. The molecular weight excluding hydrogens is 388 g/mol. The van der Waals surface area contributed by atoms with Gasteiger partial charge in [0, 0.05) is 21.4 Å². The van der Waals surface area contributed by atoms with E-state index in [1.165, 1.54) is 16.7 Å². The summed E-state index contributed by atoms with van der Waals surface area (Å²) in [5.41, 5.74) is 0.861. The number of hydrogen-bond donors (Lipinski definition) is 1. The van der Waals surface area contributed by atoms with Crippen LogP contribution in [0, 0.1) is 0 Å². The normalized spacial score (nSPS) is 16.2. The Morgan fingerprint density at radius 3 is 2.54 bits per heavy atom. The summed E-state index contributed by atoms with van der Waals surface area (Å²) in [5, 5.41) is 3.38. The summed E-state index contributed by atoms with van der Waals surface area (Å²) in [6.07, 6.45) is 1.61. The molecule has 132 valence electrons. The van der Waals surface area contributed by atoms with Crippen LogP contribution in [-0.2, 0) is 9.59 Å². The lowest BCUT2D eigenvalue weighted by atomic mass is 10.1. The van der Waals surface area contributed by atoms with Crippen molar-refractivity contribution in [3.63, 3.8) is 0 Å². The average molecular weight is 403 g/mol. The maximum atomic E-state index is 12.6. The zero-order valence-electron chi connectivity index (χ0n) is 13.9. The molecule has 4 nitrogen and oxygen atoms in total. The Kier molecular flexibility index (Phi) is 5.76. The summed E-state index contributed by atoms with van der Waals surface area (Å²) in [6, 6.07) is 15.1. The topological polar surface area (TPSA) is 49.4 Å². The minimum atomic E-state index is -0.476. The molecule has 7 heteroatoms. The standard InChI is InChI=1S/C19H15ClN2O2S2/c1-2-22-18(24)15(17(23)21-19(22)25)11-12-5-3-4-6-16(12)26-14-9-7-13(20)8-10-14/h3-11H,2H2,1H3,(H,21,23,25)/b15-11-. The maximum absolute atomic E-state index is 12.6. The molecule has 1 N–H and O–H groups in total. The zero-order chi connectivity index (χ0) is 18.7. The molecule has 26 heavy (non-hydrogen) atoms. The summed E-state index contributed by atoms with van der Waals surface area (Å²) in [4.78, 5) is 28.1. The van der Waals surface area contributed by atoms with Crippen LogP contribution in [0.5, 0.6) is 0 Å². The first kappa shape index (κ1) is 18.6. The van der Waals surface area contributed by atoms with E-state index in [4.69, 9.17) is 23.8 Å². The number of rotatable bonds is 4. The monoisotopic (exact) mass is 402 g/mol. The van der Waals surface area contributed by atoms with E-state index in [-0.39, 0.29) is 16.6 Å². The van der Waals surface area contributed by atoms with Gasteiger partial charge in [0.2, 0.25) is 0 Å². The number of nitrogens with one attached hydrogen (secondary N) is 1. The van der Waals surface area contributed by atoms with Crippen LogP contribution < -0.4 is 5.32 Å². The summed E-state index contributed by atoms with van der Waals surface area (Å²) in [6.45, 7) is 2.21. The summed E-state index contributed by atoms with van der Waals surface area (Å²) >= 11 is 12.5. The molecule has 0 spiro atoms. The lowest BCUT2D eigenvalue weighted by molar-refractivity contribution is -0.128. The molecule has 0 saturated carbocycles. The Morgan fingerprint density at radius 2 is 1.85 bits per heavy atom. The molecule has 2 amide bonds. The highest BCUT2D eigenvalue weighted by molar-refractivity contribution is 7.99. The van der Waals surface area contributed by atoms with Crippen molar-refractivity contribution in [2.24, 2.45) is 0 Å². The van der Waals surface area contributed by atoms with E-state index in [1.807, 2.05) is 55.5 Å². The Hall–Kier alpha value is -2.15. The third kappa shape index (κ3) is 3.98. The van der Waals surface area contributed by atoms with Crippen molar-refractivity contribution in [2.75, 3.05) is 6.54 Å². The smallest absolute Gasteiger partial charge is 0.265 e. The van der Waals surface area contributed by atoms with Gasteiger partial charge in [-0.05, 0) is 61.1 Å². The van der Waals surface area contributed by atoms with E-state index in [0.29, 0.717) is 11.6 Å². The van der Waals surface area contributed by atoms with E-state index in [9.17, 15) is 9.59 Å². The number of hydrogen-bond acceptors (Lipinski definition) is 4. The van der Waals surface area contributed by atoms with Gasteiger partial charge >= 0.3 is 0 Å². The van der Waals surface area contributed by atoms with Gasteiger partial charge in [0.05, 0.1) is 0 Å². The van der Waals surface area contributed by atoms with Gasteiger partial charge < -0.3 is 0 Å². The number of likely N-dealkylation sites (N-methyl/N-ethyl adjacent to an activating group) is 1. The Morgan fingerprint density at radius 1 is 1.15 bits per heavy atom. The van der Waals surface area contributed by atoms with Crippen molar-refractivity contribution in [3.8, 4) is 0 Å². The van der Waals surface area contributed by atoms with Crippen molar-refractivity contribution in [2.45, 2.75) is 16.7 Å². The number of amides is 2. The summed E-state index contributed by atoms with van der Waals surface area (Å²) in [7, 11) is 0. The minimum Gasteiger partial charge on any atom is -0.298 e. The molecule has 0 aliphatic carbocycles. The van der Waals surface area contributed by atoms with Crippen molar-refractivity contribution >= 4 is 58.6 Å². The number of carbonyl (C=O) groups excluding carboxylic acids is 2. The summed E-state index contributed by atoms with van der Waals surface area (Å²) < 4.78 is 0. The van der Waals surface area contributed by atoms with E-state index < -0.39 is 5.91 Å². The maximum Gasteiger partial charge on any atom is 0.265 e. The van der Waals surface area contributed by atoms with Gasteiger partial charge in [0.1, 0.15) is 5.57 Å². The summed E-state index contributed by atoms with van der Waals surface area (Å²) in [5.74, 6) is -0.858. The van der Waals surface area contributed by atoms with E-state index in [2.05, 4.69) is 5.32 Å². The van der Waals surface area contributed by atoms with Crippen molar-refractivity contribution < 1.29 is 9.59 Å². The second kappa shape index (κ2) is 8.03. The molecule has 0 bridgehead atoms. The number of nitrogens with zero attached hydrogens (tertiary/aromatic N) is 1. The highest BCUT2D eigenvalue weighted by atomic mass is 35.5. The van der Waals surface area contributed by atoms with Gasteiger partial charge in [0.25, 0.3) is 11.8 Å². The third-order valence-corrected chi connectivity index (χ3v) is 5.44. The van der Waals surface area contributed by atoms with Crippen LogP contribution in [0.3, 0.4) is 0 Å². The van der Waals surface area contributed by atoms with Crippen LogP contribution in [0.15, 0.2) is 63.9 Å². The van der Waals surface area contributed by atoms with Crippen LogP contribution in [0.1, 0.15) is 12.5 Å². The minimum absolute atomic E-state index is 0.0737. The van der Waals surface area contributed by atoms with Gasteiger partial charge in [-0.15, -0.1) is 0 Å². The molecule has 1 aliphatic rings. The first-order valence-electron chi connectivity index (χ1n) is 7.91. The lowest BCUT2D eigenvalue weighted by Gasteiger charge is -2.27. The molecule has 0 atom stereocenters. The molecule has 1 heterocycles.